The molecule has 3 heterocycles. The van der Waals surface area contributed by atoms with E-state index in [1.807, 2.05) is 23.1 Å². The maximum Gasteiger partial charge on any atom is 0.290 e. The first-order valence-electron chi connectivity index (χ1n) is 6.23. The quantitative estimate of drug-likeness (QED) is 0.747. The summed E-state index contributed by atoms with van der Waals surface area (Å²) < 4.78 is 4.01. The normalized spacial score (nSPS) is 11.5. The van der Waals surface area contributed by atoms with Crippen molar-refractivity contribution in [3.8, 4) is 10.7 Å². The average Bonchev–Trinajstić information content (AvgIpc) is 3.21. The molecule has 0 spiro atoms. The third-order valence-electron chi connectivity index (χ3n) is 2.80. The minimum Gasteiger partial charge on any atom is -0.483 e. The predicted molar refractivity (Wildman–Crippen MR) is 79.0 cm³/mol. The number of aromatic nitrogens is 5. The van der Waals surface area contributed by atoms with Crippen LogP contribution in [-0.4, -0.2) is 35.9 Å². The Kier molecular flexibility index (Phi) is 5.22. The molecule has 21 heavy (non-hydrogen) atoms. The van der Waals surface area contributed by atoms with Crippen molar-refractivity contribution in [1.82, 2.24) is 24.3 Å². The number of imidazole rings is 1. The third-order valence-corrected chi connectivity index (χ3v) is 3.67. The molecule has 0 aromatic carbocycles. The molecule has 0 fully saturated rings. The van der Waals surface area contributed by atoms with Gasteiger partial charge in [-0.3, -0.25) is 9.48 Å². The molecule has 0 saturated carbocycles. The molecule has 3 rings (SSSR count). The highest BCUT2D eigenvalue weighted by molar-refractivity contribution is 7.13. The SMILES string of the molecule is CC(Cn1cncn1)n1ccnc1-c1cccs1.O=CO. The van der Waals surface area contributed by atoms with Gasteiger partial charge in [0.25, 0.3) is 6.47 Å². The average molecular weight is 305 g/mol. The molecule has 0 saturated heterocycles. The monoisotopic (exact) mass is 305 g/mol. The Morgan fingerprint density at radius 3 is 2.95 bits per heavy atom. The molecule has 0 radical (unpaired) electrons. The van der Waals surface area contributed by atoms with Crippen molar-refractivity contribution in [2.75, 3.05) is 0 Å². The zero-order valence-corrected chi connectivity index (χ0v) is 12.2. The molecular formula is C13H15N5O2S. The Balaban J connectivity index is 0.000000497. The summed E-state index contributed by atoms with van der Waals surface area (Å²) in [6.07, 6.45) is 7.14. The summed E-state index contributed by atoms with van der Waals surface area (Å²) in [6.45, 7) is 2.69. The van der Waals surface area contributed by atoms with Gasteiger partial charge in [0.1, 0.15) is 18.5 Å². The Morgan fingerprint density at radius 2 is 2.33 bits per heavy atom. The van der Waals surface area contributed by atoms with Crippen LogP contribution in [0.3, 0.4) is 0 Å². The second kappa shape index (κ2) is 7.34. The first-order valence-corrected chi connectivity index (χ1v) is 7.11. The molecule has 3 aromatic rings. The highest BCUT2D eigenvalue weighted by Crippen LogP contribution is 2.25. The van der Waals surface area contributed by atoms with E-state index >= 15 is 0 Å². The first kappa shape index (κ1) is 14.9. The highest BCUT2D eigenvalue weighted by atomic mass is 32.1. The van der Waals surface area contributed by atoms with Crippen molar-refractivity contribution in [3.63, 3.8) is 0 Å². The molecule has 0 aliphatic heterocycles. The Labute approximate surface area is 125 Å². The number of hydrogen-bond donors (Lipinski definition) is 1. The minimum absolute atomic E-state index is 0.250. The fourth-order valence-electron chi connectivity index (χ4n) is 1.95. The second-order valence-corrected chi connectivity index (χ2v) is 5.16. The van der Waals surface area contributed by atoms with Gasteiger partial charge in [-0.15, -0.1) is 11.3 Å². The van der Waals surface area contributed by atoms with Crippen LogP contribution >= 0.6 is 11.3 Å². The summed E-state index contributed by atoms with van der Waals surface area (Å²) in [7, 11) is 0. The van der Waals surface area contributed by atoms with E-state index in [-0.39, 0.29) is 12.5 Å². The van der Waals surface area contributed by atoms with E-state index in [2.05, 4.69) is 38.0 Å². The van der Waals surface area contributed by atoms with Crippen LogP contribution in [0.25, 0.3) is 10.7 Å². The van der Waals surface area contributed by atoms with Crippen LogP contribution < -0.4 is 0 Å². The highest BCUT2D eigenvalue weighted by Gasteiger charge is 2.12. The summed E-state index contributed by atoms with van der Waals surface area (Å²) in [5.41, 5.74) is 0. The van der Waals surface area contributed by atoms with Crippen molar-refractivity contribution in [2.24, 2.45) is 0 Å². The summed E-state index contributed by atoms with van der Waals surface area (Å²) in [6, 6.07) is 4.42. The van der Waals surface area contributed by atoms with Crippen molar-refractivity contribution in [3.05, 3.63) is 42.6 Å². The molecule has 7 nitrogen and oxygen atoms in total. The molecule has 1 N–H and O–H groups in total. The standard InChI is InChI=1S/C12H13N5S.CH2O2/c1-10(7-16-9-13-8-15-16)17-5-4-14-12(17)11-3-2-6-18-11;2-1-3/h2-6,8-10H,7H2,1H3;1H,(H,2,3). The van der Waals surface area contributed by atoms with Crippen LogP contribution in [0.5, 0.6) is 0 Å². The van der Waals surface area contributed by atoms with Crippen LogP contribution in [0.4, 0.5) is 0 Å². The fourth-order valence-corrected chi connectivity index (χ4v) is 2.68. The van der Waals surface area contributed by atoms with Crippen LogP contribution in [0.1, 0.15) is 13.0 Å². The van der Waals surface area contributed by atoms with Crippen molar-refractivity contribution in [2.45, 2.75) is 19.5 Å². The lowest BCUT2D eigenvalue weighted by Gasteiger charge is -2.15. The molecule has 1 unspecified atom stereocenters. The van der Waals surface area contributed by atoms with Crippen LogP contribution in [0, 0.1) is 0 Å². The molecule has 0 aliphatic rings. The summed E-state index contributed by atoms with van der Waals surface area (Å²) in [5, 5.41) is 13.1. The van der Waals surface area contributed by atoms with Gasteiger partial charge in [0.05, 0.1) is 17.5 Å². The van der Waals surface area contributed by atoms with E-state index in [1.165, 1.54) is 4.88 Å². The maximum absolute atomic E-state index is 8.36. The Bertz CT molecular complexity index is 648. The molecular weight excluding hydrogens is 290 g/mol. The van der Waals surface area contributed by atoms with Gasteiger partial charge >= 0.3 is 0 Å². The number of carboxylic acid groups (broad SMARTS) is 1. The maximum atomic E-state index is 8.36. The van der Waals surface area contributed by atoms with E-state index in [4.69, 9.17) is 9.90 Å². The minimum atomic E-state index is -0.250. The van der Waals surface area contributed by atoms with Gasteiger partial charge in [-0.2, -0.15) is 5.10 Å². The van der Waals surface area contributed by atoms with E-state index < -0.39 is 0 Å². The van der Waals surface area contributed by atoms with Gasteiger partial charge in [0, 0.05) is 12.4 Å². The number of carbonyl (C=O) groups is 1. The topological polar surface area (TPSA) is 85.8 Å². The fraction of sp³-hybridized carbons (Fsp3) is 0.231. The van der Waals surface area contributed by atoms with E-state index in [1.54, 1.807) is 24.0 Å². The van der Waals surface area contributed by atoms with Crippen molar-refractivity contribution in [1.29, 1.82) is 0 Å². The summed E-state index contributed by atoms with van der Waals surface area (Å²) in [4.78, 5) is 17.9. The van der Waals surface area contributed by atoms with E-state index in [0.29, 0.717) is 0 Å². The lowest BCUT2D eigenvalue weighted by atomic mass is 10.3. The number of nitrogens with zero attached hydrogens (tertiary/aromatic N) is 5. The number of rotatable bonds is 4. The second-order valence-electron chi connectivity index (χ2n) is 4.21. The van der Waals surface area contributed by atoms with E-state index in [9.17, 15) is 0 Å². The molecule has 3 aromatic heterocycles. The Morgan fingerprint density at radius 1 is 1.52 bits per heavy atom. The van der Waals surface area contributed by atoms with Crippen LogP contribution in [0.15, 0.2) is 42.6 Å². The van der Waals surface area contributed by atoms with Crippen LogP contribution in [-0.2, 0) is 11.3 Å². The molecule has 110 valence electrons. The molecule has 0 amide bonds. The van der Waals surface area contributed by atoms with Gasteiger partial charge in [0.15, 0.2) is 0 Å². The molecule has 0 aliphatic carbocycles. The Hall–Kier alpha value is -2.48. The van der Waals surface area contributed by atoms with Crippen molar-refractivity contribution >= 4 is 17.8 Å². The van der Waals surface area contributed by atoms with Gasteiger partial charge in [-0.05, 0) is 18.4 Å². The lowest BCUT2D eigenvalue weighted by molar-refractivity contribution is -0.122. The summed E-state index contributed by atoms with van der Waals surface area (Å²) >= 11 is 1.70. The number of hydrogen-bond acceptors (Lipinski definition) is 5. The van der Waals surface area contributed by atoms with Crippen molar-refractivity contribution < 1.29 is 9.90 Å². The molecule has 1 atom stereocenters. The zero-order valence-electron chi connectivity index (χ0n) is 11.4. The first-order chi connectivity index (χ1) is 10.3. The van der Waals surface area contributed by atoms with E-state index in [0.717, 1.165) is 12.4 Å². The summed E-state index contributed by atoms with van der Waals surface area (Å²) in [5.74, 6) is 1.01. The third kappa shape index (κ3) is 3.76. The molecule has 0 bridgehead atoms. The largest absolute Gasteiger partial charge is 0.483 e. The van der Waals surface area contributed by atoms with Gasteiger partial charge in [-0.1, -0.05) is 6.07 Å². The smallest absolute Gasteiger partial charge is 0.290 e. The van der Waals surface area contributed by atoms with Gasteiger partial charge < -0.3 is 9.67 Å². The van der Waals surface area contributed by atoms with Gasteiger partial charge in [0.2, 0.25) is 0 Å². The predicted octanol–water partition coefficient (Wildman–Crippen LogP) is 2.17. The zero-order chi connectivity index (χ0) is 15.1. The van der Waals surface area contributed by atoms with Crippen LogP contribution in [0.2, 0.25) is 0 Å². The lowest BCUT2D eigenvalue weighted by Crippen LogP contribution is -2.13. The molecule has 8 heteroatoms. The van der Waals surface area contributed by atoms with Gasteiger partial charge in [-0.25, -0.2) is 9.97 Å². The number of thiophene rings is 1.